The lowest BCUT2D eigenvalue weighted by Crippen LogP contribution is -1.96. The summed E-state index contributed by atoms with van der Waals surface area (Å²) in [6.45, 7) is 0. The van der Waals surface area contributed by atoms with Crippen LogP contribution in [0, 0.1) is 0 Å². The van der Waals surface area contributed by atoms with Crippen molar-refractivity contribution in [3.05, 3.63) is 24.5 Å². The van der Waals surface area contributed by atoms with Gasteiger partial charge < -0.3 is 0 Å². The van der Waals surface area contributed by atoms with Gasteiger partial charge in [0.25, 0.3) is 0 Å². The van der Waals surface area contributed by atoms with Gasteiger partial charge >= 0.3 is 0 Å². The van der Waals surface area contributed by atoms with E-state index in [0.29, 0.717) is 0 Å². The first-order valence-corrected chi connectivity index (χ1v) is 3.79. The molecule has 1 atom stereocenters. The van der Waals surface area contributed by atoms with Gasteiger partial charge in [-0.2, -0.15) is 0 Å². The summed E-state index contributed by atoms with van der Waals surface area (Å²) in [6, 6.07) is 3.70. The van der Waals surface area contributed by atoms with Gasteiger partial charge in [0.05, 0.1) is 0 Å². The molecule has 0 aliphatic carbocycles. The normalized spacial score (nSPS) is 13.6. The van der Waals surface area contributed by atoms with E-state index in [-0.39, 0.29) is 0 Å². The summed E-state index contributed by atoms with van der Waals surface area (Å²) in [5.74, 6) is 0. The molecule has 0 fully saturated rings. The number of hydrogen-bond donors (Lipinski definition) is 0. The standard InChI is InChI=1S/C5H7NOS/c1-8(7)6-4-2-3-5-6/h2-5H,1H3. The Morgan fingerprint density at radius 3 is 2.12 bits per heavy atom. The predicted octanol–water partition coefficient (Wildman–Crippen LogP) is 0.630. The third kappa shape index (κ3) is 0.980. The smallest absolute Gasteiger partial charge is 0.120 e. The third-order valence-corrected chi connectivity index (χ3v) is 1.71. The molecule has 0 aliphatic rings. The Bertz CT molecular complexity index is 180. The van der Waals surface area contributed by atoms with E-state index in [1.54, 1.807) is 22.6 Å². The summed E-state index contributed by atoms with van der Waals surface area (Å²) >= 11 is 0. The fraction of sp³-hybridized carbons (Fsp3) is 0.200. The Morgan fingerprint density at radius 1 is 1.38 bits per heavy atom. The van der Waals surface area contributed by atoms with Gasteiger partial charge in [-0.1, -0.05) is 0 Å². The highest BCUT2D eigenvalue weighted by molar-refractivity contribution is 7.82. The number of rotatable bonds is 1. The lowest BCUT2D eigenvalue weighted by Gasteiger charge is -1.90. The molecule has 0 bridgehead atoms. The summed E-state index contributed by atoms with van der Waals surface area (Å²) in [6.07, 6.45) is 5.19. The van der Waals surface area contributed by atoms with Gasteiger partial charge in [-0.3, -0.25) is 3.97 Å². The summed E-state index contributed by atoms with van der Waals surface area (Å²) in [5, 5.41) is 0. The molecule has 1 heterocycles. The molecule has 8 heavy (non-hydrogen) atoms. The maximum Gasteiger partial charge on any atom is 0.120 e. The van der Waals surface area contributed by atoms with Gasteiger partial charge in [-0.15, -0.1) is 0 Å². The van der Waals surface area contributed by atoms with Crippen LogP contribution in [0.4, 0.5) is 0 Å². The van der Waals surface area contributed by atoms with Crippen LogP contribution in [0.1, 0.15) is 0 Å². The summed E-state index contributed by atoms with van der Waals surface area (Å²) in [5.41, 5.74) is 0. The molecule has 0 saturated heterocycles. The first-order valence-electron chi connectivity index (χ1n) is 2.27. The van der Waals surface area contributed by atoms with Crippen LogP contribution in [0.5, 0.6) is 0 Å². The summed E-state index contributed by atoms with van der Waals surface area (Å²) in [7, 11) is -0.881. The van der Waals surface area contributed by atoms with Crippen LogP contribution in [0.2, 0.25) is 0 Å². The average molecular weight is 129 g/mol. The molecule has 0 aliphatic heterocycles. The fourth-order valence-corrected chi connectivity index (χ4v) is 0.973. The molecule has 44 valence electrons. The second-order valence-corrected chi connectivity index (χ2v) is 2.74. The van der Waals surface area contributed by atoms with E-state index >= 15 is 0 Å². The topological polar surface area (TPSA) is 22.0 Å². The number of aromatic nitrogens is 1. The second-order valence-electron chi connectivity index (χ2n) is 1.47. The zero-order chi connectivity index (χ0) is 5.98. The van der Waals surface area contributed by atoms with Crippen molar-refractivity contribution in [1.82, 2.24) is 3.97 Å². The van der Waals surface area contributed by atoms with Gasteiger partial charge in [0, 0.05) is 18.6 Å². The highest BCUT2D eigenvalue weighted by atomic mass is 32.2. The SMILES string of the molecule is CS(=O)n1cccc1. The minimum Gasteiger partial charge on any atom is -0.275 e. The molecule has 0 radical (unpaired) electrons. The average Bonchev–Trinajstić information content (AvgIpc) is 2.12. The van der Waals surface area contributed by atoms with Crippen LogP contribution in [0.15, 0.2) is 24.5 Å². The molecule has 0 aromatic carbocycles. The largest absolute Gasteiger partial charge is 0.275 e. The predicted molar refractivity (Wildman–Crippen MR) is 33.9 cm³/mol. The van der Waals surface area contributed by atoms with E-state index in [1.165, 1.54) is 0 Å². The Morgan fingerprint density at radius 2 is 1.88 bits per heavy atom. The summed E-state index contributed by atoms with van der Waals surface area (Å²) < 4.78 is 12.2. The van der Waals surface area contributed by atoms with Crippen LogP contribution < -0.4 is 0 Å². The van der Waals surface area contributed by atoms with E-state index < -0.39 is 11.0 Å². The molecule has 1 unspecified atom stereocenters. The molecule has 0 amide bonds. The number of nitrogens with zero attached hydrogens (tertiary/aromatic N) is 1. The van der Waals surface area contributed by atoms with E-state index in [9.17, 15) is 4.21 Å². The highest BCUT2D eigenvalue weighted by Crippen LogP contribution is 1.88. The molecular weight excluding hydrogens is 122 g/mol. The highest BCUT2D eigenvalue weighted by Gasteiger charge is 1.86. The van der Waals surface area contributed by atoms with Gasteiger partial charge in [0.2, 0.25) is 0 Å². The fourth-order valence-electron chi connectivity index (χ4n) is 0.490. The van der Waals surface area contributed by atoms with E-state index in [4.69, 9.17) is 0 Å². The Kier molecular flexibility index (Phi) is 1.48. The van der Waals surface area contributed by atoms with Crippen LogP contribution in [-0.2, 0) is 11.0 Å². The monoisotopic (exact) mass is 129 g/mol. The molecule has 0 spiro atoms. The van der Waals surface area contributed by atoms with Crippen molar-refractivity contribution in [1.29, 1.82) is 0 Å². The maximum absolute atomic E-state index is 10.6. The lowest BCUT2D eigenvalue weighted by molar-refractivity contribution is 0.681. The van der Waals surface area contributed by atoms with Crippen molar-refractivity contribution in [2.24, 2.45) is 0 Å². The quantitative estimate of drug-likeness (QED) is 0.545. The Hall–Kier alpha value is -0.570. The first-order chi connectivity index (χ1) is 3.80. The summed E-state index contributed by atoms with van der Waals surface area (Å²) in [4.78, 5) is 0. The zero-order valence-corrected chi connectivity index (χ0v) is 5.39. The van der Waals surface area contributed by atoms with Crippen molar-refractivity contribution in [2.45, 2.75) is 0 Å². The molecule has 2 nitrogen and oxygen atoms in total. The molecule has 1 aromatic heterocycles. The minimum absolute atomic E-state index is 0.881. The second kappa shape index (κ2) is 2.13. The van der Waals surface area contributed by atoms with Gasteiger partial charge in [0.1, 0.15) is 11.0 Å². The molecule has 1 aromatic rings. The van der Waals surface area contributed by atoms with E-state index in [0.717, 1.165) is 0 Å². The van der Waals surface area contributed by atoms with Gasteiger partial charge in [0.15, 0.2) is 0 Å². The van der Waals surface area contributed by atoms with Crippen LogP contribution in [0.25, 0.3) is 0 Å². The molecule has 0 saturated carbocycles. The van der Waals surface area contributed by atoms with E-state index in [1.807, 2.05) is 12.1 Å². The van der Waals surface area contributed by atoms with Crippen molar-refractivity contribution < 1.29 is 4.21 Å². The Labute approximate surface area is 50.7 Å². The van der Waals surface area contributed by atoms with Crippen molar-refractivity contribution in [2.75, 3.05) is 6.26 Å². The minimum atomic E-state index is -0.881. The van der Waals surface area contributed by atoms with Crippen molar-refractivity contribution in [3.8, 4) is 0 Å². The molecule has 0 N–H and O–H groups in total. The van der Waals surface area contributed by atoms with Crippen LogP contribution >= 0.6 is 0 Å². The van der Waals surface area contributed by atoms with Gasteiger partial charge in [-0.05, 0) is 12.1 Å². The molecule has 1 rings (SSSR count). The first kappa shape index (κ1) is 5.56. The van der Waals surface area contributed by atoms with Gasteiger partial charge in [-0.25, -0.2) is 4.21 Å². The lowest BCUT2D eigenvalue weighted by atomic mass is 10.7. The Balaban J connectivity index is 2.93. The third-order valence-electron chi connectivity index (χ3n) is 0.874. The molecular formula is C5H7NOS. The maximum atomic E-state index is 10.6. The number of hydrogen-bond acceptors (Lipinski definition) is 1. The van der Waals surface area contributed by atoms with Crippen molar-refractivity contribution in [3.63, 3.8) is 0 Å². The van der Waals surface area contributed by atoms with Crippen LogP contribution in [-0.4, -0.2) is 14.4 Å². The van der Waals surface area contributed by atoms with Crippen molar-refractivity contribution >= 4 is 11.0 Å². The van der Waals surface area contributed by atoms with E-state index in [2.05, 4.69) is 0 Å². The molecule has 3 heteroatoms. The van der Waals surface area contributed by atoms with Crippen LogP contribution in [0.3, 0.4) is 0 Å². The zero-order valence-electron chi connectivity index (χ0n) is 4.57.